The summed E-state index contributed by atoms with van der Waals surface area (Å²) in [6, 6.07) is 5.10. The van der Waals surface area contributed by atoms with Crippen molar-refractivity contribution < 1.29 is 23.8 Å². The van der Waals surface area contributed by atoms with Gasteiger partial charge in [-0.3, -0.25) is 4.79 Å². The molecule has 1 unspecified atom stereocenters. The van der Waals surface area contributed by atoms with E-state index in [-0.39, 0.29) is 30.1 Å². The van der Waals surface area contributed by atoms with Gasteiger partial charge in [-0.1, -0.05) is 12.1 Å². The van der Waals surface area contributed by atoms with Crippen LogP contribution in [0.1, 0.15) is 48.3 Å². The van der Waals surface area contributed by atoms with Crippen molar-refractivity contribution in [3.8, 4) is 0 Å². The van der Waals surface area contributed by atoms with Crippen molar-refractivity contribution in [1.82, 2.24) is 10.3 Å². The number of aromatic nitrogens is 1. The summed E-state index contributed by atoms with van der Waals surface area (Å²) in [5.41, 5.74) is 0.516. The van der Waals surface area contributed by atoms with Gasteiger partial charge in [0, 0.05) is 24.8 Å². The number of nitrogens with zero attached hydrogens (tertiary/aromatic N) is 1. The predicted octanol–water partition coefficient (Wildman–Crippen LogP) is 3.26. The van der Waals surface area contributed by atoms with Gasteiger partial charge >= 0.3 is 5.97 Å². The van der Waals surface area contributed by atoms with Gasteiger partial charge in [-0.05, 0) is 38.5 Å². The number of aliphatic carboxylic acids is 1. The van der Waals surface area contributed by atoms with Crippen LogP contribution in [0.3, 0.4) is 0 Å². The Morgan fingerprint density at radius 2 is 2.11 bits per heavy atom. The third kappa shape index (κ3) is 7.07. The molecule has 1 atom stereocenters. The summed E-state index contributed by atoms with van der Waals surface area (Å²) in [5, 5.41) is 14.0. The second-order valence-corrected chi connectivity index (χ2v) is 7.99. The number of hydrogen-bond acceptors (Lipinski definition) is 5. The highest BCUT2D eigenvalue weighted by Crippen LogP contribution is 2.16. The number of nitrogens with one attached hydrogen (secondary N) is 1. The predicted molar refractivity (Wildman–Crippen MR) is 101 cm³/mol. The van der Waals surface area contributed by atoms with E-state index in [0.717, 1.165) is 5.56 Å². The lowest BCUT2D eigenvalue weighted by Gasteiger charge is -2.21. The molecule has 0 saturated carbocycles. The van der Waals surface area contributed by atoms with Gasteiger partial charge in [0.25, 0.3) is 5.91 Å². The maximum atomic E-state index is 13.3. The molecule has 0 aliphatic heterocycles. The van der Waals surface area contributed by atoms with E-state index >= 15 is 0 Å². The van der Waals surface area contributed by atoms with E-state index < -0.39 is 17.9 Å². The summed E-state index contributed by atoms with van der Waals surface area (Å²) in [6.45, 7) is 5.83. The molecular formula is C19H23FN2O4S. The van der Waals surface area contributed by atoms with E-state index in [1.807, 2.05) is 20.8 Å². The molecule has 0 bridgehead atoms. The molecule has 27 heavy (non-hydrogen) atoms. The third-order valence-corrected chi connectivity index (χ3v) is 4.42. The molecular weight excluding hydrogens is 371 g/mol. The Hall–Kier alpha value is -2.32. The lowest BCUT2D eigenvalue weighted by molar-refractivity contribution is -0.140. The summed E-state index contributed by atoms with van der Waals surface area (Å²) in [6.07, 6.45) is 0.552. The molecule has 0 aliphatic carbocycles. The first-order valence-corrected chi connectivity index (χ1v) is 9.38. The zero-order valence-corrected chi connectivity index (χ0v) is 16.3. The van der Waals surface area contributed by atoms with Crippen molar-refractivity contribution in [2.24, 2.45) is 0 Å². The normalized spacial score (nSPS) is 12.6. The molecule has 1 aromatic carbocycles. The van der Waals surface area contributed by atoms with Crippen molar-refractivity contribution in [3.05, 3.63) is 51.7 Å². The molecule has 1 heterocycles. The minimum Gasteiger partial charge on any atom is -0.480 e. The molecule has 1 amide bonds. The topological polar surface area (TPSA) is 88.5 Å². The number of benzene rings is 1. The molecule has 2 aromatic rings. The van der Waals surface area contributed by atoms with Crippen LogP contribution in [-0.2, 0) is 16.0 Å². The Morgan fingerprint density at radius 3 is 2.74 bits per heavy atom. The third-order valence-electron chi connectivity index (χ3n) is 3.57. The zero-order chi connectivity index (χ0) is 20.0. The highest BCUT2D eigenvalue weighted by atomic mass is 32.1. The Labute approximate surface area is 161 Å². The first-order chi connectivity index (χ1) is 12.6. The molecule has 2 rings (SSSR count). The summed E-state index contributed by atoms with van der Waals surface area (Å²) >= 11 is 1.27. The highest BCUT2D eigenvalue weighted by Gasteiger charge is 2.23. The Balaban J connectivity index is 1.95. The summed E-state index contributed by atoms with van der Waals surface area (Å²) in [7, 11) is 0. The Bertz CT molecular complexity index is 801. The second-order valence-electron chi connectivity index (χ2n) is 7.05. The molecule has 8 heteroatoms. The minimum atomic E-state index is -1.13. The minimum absolute atomic E-state index is 0.148. The van der Waals surface area contributed by atoms with Crippen LogP contribution >= 0.6 is 11.3 Å². The monoisotopic (exact) mass is 394 g/mol. The maximum absolute atomic E-state index is 13.3. The number of halogens is 1. The molecule has 0 radical (unpaired) electrons. The molecule has 2 N–H and O–H groups in total. The number of thiazole rings is 1. The SMILES string of the molecule is CC(C)(C)OCCC(NC(=O)c1csc(Cc2cccc(F)c2)n1)C(=O)O. The number of amides is 1. The number of carboxylic acid groups (broad SMARTS) is 1. The molecule has 0 spiro atoms. The van der Waals surface area contributed by atoms with Gasteiger partial charge in [0.1, 0.15) is 17.6 Å². The smallest absolute Gasteiger partial charge is 0.326 e. The standard InChI is InChI=1S/C19H23FN2O4S/c1-19(2,3)26-8-7-14(18(24)25)22-17(23)15-11-27-16(21-15)10-12-5-4-6-13(20)9-12/h4-6,9,11,14H,7-8,10H2,1-3H3,(H,22,23)(H,24,25). The number of ether oxygens (including phenoxy) is 1. The van der Waals surface area contributed by atoms with Gasteiger partial charge in [0.2, 0.25) is 0 Å². The first kappa shape index (κ1) is 21.0. The fourth-order valence-corrected chi connectivity index (χ4v) is 3.10. The fourth-order valence-electron chi connectivity index (χ4n) is 2.29. The van der Waals surface area contributed by atoms with Crippen molar-refractivity contribution in [1.29, 1.82) is 0 Å². The van der Waals surface area contributed by atoms with Crippen LogP contribution in [0.5, 0.6) is 0 Å². The van der Waals surface area contributed by atoms with Gasteiger partial charge in [-0.15, -0.1) is 11.3 Å². The van der Waals surface area contributed by atoms with Crippen LogP contribution in [0, 0.1) is 5.82 Å². The van der Waals surface area contributed by atoms with Gasteiger partial charge in [0.15, 0.2) is 0 Å². The van der Waals surface area contributed by atoms with E-state index in [1.165, 1.54) is 23.5 Å². The van der Waals surface area contributed by atoms with Crippen LogP contribution in [0.25, 0.3) is 0 Å². The van der Waals surface area contributed by atoms with Crippen molar-refractivity contribution in [3.63, 3.8) is 0 Å². The molecule has 6 nitrogen and oxygen atoms in total. The molecule has 1 aromatic heterocycles. The van der Waals surface area contributed by atoms with Crippen LogP contribution in [-0.4, -0.2) is 40.2 Å². The summed E-state index contributed by atoms with van der Waals surface area (Å²) < 4.78 is 18.8. The molecule has 0 saturated heterocycles. The quantitative estimate of drug-likeness (QED) is 0.717. The largest absolute Gasteiger partial charge is 0.480 e. The van der Waals surface area contributed by atoms with Crippen LogP contribution in [0.2, 0.25) is 0 Å². The van der Waals surface area contributed by atoms with Crippen molar-refractivity contribution in [2.75, 3.05) is 6.61 Å². The van der Waals surface area contributed by atoms with Gasteiger partial charge in [0.05, 0.1) is 10.6 Å². The molecule has 146 valence electrons. The Kier molecular flexibility index (Phi) is 7.04. The van der Waals surface area contributed by atoms with E-state index in [0.29, 0.717) is 11.4 Å². The lowest BCUT2D eigenvalue weighted by Crippen LogP contribution is -2.42. The second kappa shape index (κ2) is 9.05. The van der Waals surface area contributed by atoms with Crippen molar-refractivity contribution >= 4 is 23.2 Å². The number of carbonyl (C=O) groups is 2. The first-order valence-electron chi connectivity index (χ1n) is 8.50. The van der Waals surface area contributed by atoms with Gasteiger partial charge in [-0.25, -0.2) is 14.2 Å². The summed E-state index contributed by atoms with van der Waals surface area (Å²) in [4.78, 5) is 27.9. The van der Waals surface area contributed by atoms with E-state index in [9.17, 15) is 19.1 Å². The average molecular weight is 394 g/mol. The number of carbonyl (C=O) groups excluding carboxylic acids is 1. The average Bonchev–Trinajstić information content (AvgIpc) is 3.01. The van der Waals surface area contributed by atoms with E-state index in [4.69, 9.17) is 4.74 Å². The van der Waals surface area contributed by atoms with E-state index in [2.05, 4.69) is 10.3 Å². The van der Waals surface area contributed by atoms with Crippen LogP contribution in [0.15, 0.2) is 29.6 Å². The zero-order valence-electron chi connectivity index (χ0n) is 15.5. The van der Waals surface area contributed by atoms with Gasteiger partial charge < -0.3 is 15.2 Å². The highest BCUT2D eigenvalue weighted by molar-refractivity contribution is 7.09. The maximum Gasteiger partial charge on any atom is 0.326 e. The molecule has 0 fully saturated rings. The molecule has 0 aliphatic rings. The van der Waals surface area contributed by atoms with Crippen LogP contribution < -0.4 is 5.32 Å². The van der Waals surface area contributed by atoms with Crippen LogP contribution in [0.4, 0.5) is 4.39 Å². The number of hydrogen-bond donors (Lipinski definition) is 2. The fraction of sp³-hybridized carbons (Fsp3) is 0.421. The lowest BCUT2D eigenvalue weighted by atomic mass is 10.1. The number of rotatable bonds is 8. The van der Waals surface area contributed by atoms with Gasteiger partial charge in [-0.2, -0.15) is 0 Å². The number of carboxylic acids is 1. The van der Waals surface area contributed by atoms with E-state index in [1.54, 1.807) is 17.5 Å². The Morgan fingerprint density at radius 1 is 1.37 bits per heavy atom. The van der Waals surface area contributed by atoms with Crippen molar-refractivity contribution in [2.45, 2.75) is 45.3 Å². The summed E-state index contributed by atoms with van der Waals surface area (Å²) in [5.74, 6) is -2.01.